The van der Waals surface area contributed by atoms with Crippen LogP contribution < -0.4 is 5.32 Å². The number of hydrogen-bond acceptors (Lipinski definition) is 3. The van der Waals surface area contributed by atoms with Gasteiger partial charge in [0.2, 0.25) is 5.91 Å². The number of hydrogen-bond donors (Lipinski definition) is 1. The van der Waals surface area contributed by atoms with Crippen LogP contribution in [-0.2, 0) is 4.79 Å². The minimum Gasteiger partial charge on any atom is -0.337 e. The van der Waals surface area contributed by atoms with E-state index in [4.69, 9.17) is 0 Å². The Morgan fingerprint density at radius 3 is 2.22 bits per heavy atom. The summed E-state index contributed by atoms with van der Waals surface area (Å²) in [6, 6.07) is 1.07. The molecule has 1 amide bonds. The first kappa shape index (κ1) is 17.7. The SMILES string of the molecule is CC(C)N(C(=O)CN(C)C1CCNC1)C(C)C.Cl. The molecule has 1 N–H and O–H groups in total. The third-order valence-corrected chi connectivity index (χ3v) is 3.44. The molecule has 108 valence electrons. The molecule has 18 heavy (non-hydrogen) atoms. The Hall–Kier alpha value is -0.320. The Labute approximate surface area is 117 Å². The summed E-state index contributed by atoms with van der Waals surface area (Å²) in [6.45, 7) is 10.9. The molecule has 1 rings (SSSR count). The maximum absolute atomic E-state index is 12.3. The minimum absolute atomic E-state index is 0. The average Bonchev–Trinajstić information content (AvgIpc) is 2.68. The van der Waals surface area contributed by atoms with Crippen molar-refractivity contribution in [3.63, 3.8) is 0 Å². The number of nitrogens with zero attached hydrogens (tertiary/aromatic N) is 2. The summed E-state index contributed by atoms with van der Waals surface area (Å²) < 4.78 is 0. The molecule has 1 atom stereocenters. The largest absolute Gasteiger partial charge is 0.337 e. The summed E-state index contributed by atoms with van der Waals surface area (Å²) in [4.78, 5) is 16.4. The van der Waals surface area contributed by atoms with Crippen molar-refractivity contribution >= 4 is 18.3 Å². The van der Waals surface area contributed by atoms with Gasteiger partial charge in [-0.1, -0.05) is 0 Å². The first-order chi connectivity index (χ1) is 7.93. The van der Waals surface area contributed by atoms with Crippen molar-refractivity contribution in [2.45, 2.75) is 52.2 Å². The molecular formula is C13H28ClN3O. The molecule has 0 aromatic carbocycles. The van der Waals surface area contributed by atoms with E-state index in [0.717, 1.165) is 19.5 Å². The number of carbonyl (C=O) groups is 1. The van der Waals surface area contributed by atoms with Crippen molar-refractivity contribution in [2.24, 2.45) is 0 Å². The molecule has 1 fully saturated rings. The molecular weight excluding hydrogens is 250 g/mol. The predicted molar refractivity (Wildman–Crippen MR) is 78.3 cm³/mol. The molecule has 1 unspecified atom stereocenters. The van der Waals surface area contributed by atoms with Crippen LogP contribution in [0.4, 0.5) is 0 Å². The summed E-state index contributed by atoms with van der Waals surface area (Å²) in [6.07, 6.45) is 1.15. The van der Waals surface area contributed by atoms with Gasteiger partial charge in [0, 0.05) is 24.7 Å². The average molecular weight is 278 g/mol. The second kappa shape index (κ2) is 7.97. The Balaban J connectivity index is 0.00000289. The normalized spacial score (nSPS) is 19.4. The number of carbonyl (C=O) groups excluding carboxylic acids is 1. The van der Waals surface area contributed by atoms with Crippen molar-refractivity contribution in [1.82, 2.24) is 15.1 Å². The van der Waals surface area contributed by atoms with E-state index in [0.29, 0.717) is 12.6 Å². The first-order valence-electron chi connectivity index (χ1n) is 6.65. The quantitative estimate of drug-likeness (QED) is 0.824. The fourth-order valence-corrected chi connectivity index (χ4v) is 2.61. The maximum atomic E-state index is 12.3. The van der Waals surface area contributed by atoms with Crippen LogP contribution in [0.1, 0.15) is 34.1 Å². The van der Waals surface area contributed by atoms with Gasteiger partial charge in [-0.3, -0.25) is 9.69 Å². The molecule has 1 aliphatic heterocycles. The Morgan fingerprint density at radius 1 is 1.28 bits per heavy atom. The lowest BCUT2D eigenvalue weighted by Gasteiger charge is -2.33. The Kier molecular flexibility index (Phi) is 7.83. The van der Waals surface area contributed by atoms with Crippen molar-refractivity contribution < 1.29 is 4.79 Å². The highest BCUT2D eigenvalue weighted by Crippen LogP contribution is 2.10. The highest BCUT2D eigenvalue weighted by atomic mass is 35.5. The molecule has 4 nitrogen and oxygen atoms in total. The standard InChI is InChI=1S/C13H27N3O.ClH/c1-10(2)16(11(3)4)13(17)9-15(5)12-6-7-14-8-12;/h10-12,14H,6-9H2,1-5H3;1H. The van der Waals surface area contributed by atoms with E-state index in [2.05, 4.69) is 45.0 Å². The van der Waals surface area contributed by atoms with Crippen LogP contribution in [0, 0.1) is 0 Å². The zero-order valence-electron chi connectivity index (χ0n) is 12.3. The molecule has 0 radical (unpaired) electrons. The van der Waals surface area contributed by atoms with Crippen LogP contribution in [-0.4, -0.2) is 60.5 Å². The van der Waals surface area contributed by atoms with Crippen LogP contribution >= 0.6 is 12.4 Å². The van der Waals surface area contributed by atoms with E-state index in [1.807, 2.05) is 4.90 Å². The molecule has 0 bridgehead atoms. The van der Waals surface area contributed by atoms with Crippen molar-refractivity contribution in [3.05, 3.63) is 0 Å². The summed E-state index contributed by atoms with van der Waals surface area (Å²) in [7, 11) is 2.05. The van der Waals surface area contributed by atoms with Gasteiger partial charge in [0.15, 0.2) is 0 Å². The lowest BCUT2D eigenvalue weighted by Crippen LogP contribution is -2.48. The smallest absolute Gasteiger partial charge is 0.237 e. The Morgan fingerprint density at radius 2 is 1.83 bits per heavy atom. The van der Waals surface area contributed by atoms with E-state index in [1.165, 1.54) is 0 Å². The fraction of sp³-hybridized carbons (Fsp3) is 0.923. The molecule has 0 aliphatic carbocycles. The molecule has 0 spiro atoms. The van der Waals surface area contributed by atoms with Crippen LogP contribution in [0.5, 0.6) is 0 Å². The summed E-state index contributed by atoms with van der Waals surface area (Å²) in [5.41, 5.74) is 0. The lowest BCUT2D eigenvalue weighted by atomic mass is 10.2. The monoisotopic (exact) mass is 277 g/mol. The topological polar surface area (TPSA) is 35.6 Å². The summed E-state index contributed by atoms with van der Waals surface area (Å²) in [5.74, 6) is 0.240. The van der Waals surface area contributed by atoms with E-state index < -0.39 is 0 Å². The summed E-state index contributed by atoms with van der Waals surface area (Å²) >= 11 is 0. The van der Waals surface area contributed by atoms with Gasteiger partial charge in [0.25, 0.3) is 0 Å². The third-order valence-electron chi connectivity index (χ3n) is 3.44. The Bertz CT molecular complexity index is 245. The fourth-order valence-electron chi connectivity index (χ4n) is 2.61. The maximum Gasteiger partial charge on any atom is 0.237 e. The van der Waals surface area contributed by atoms with E-state index in [9.17, 15) is 4.79 Å². The van der Waals surface area contributed by atoms with Crippen LogP contribution in [0.15, 0.2) is 0 Å². The number of likely N-dealkylation sites (N-methyl/N-ethyl adjacent to an activating group) is 1. The van der Waals surface area contributed by atoms with Crippen molar-refractivity contribution in [1.29, 1.82) is 0 Å². The lowest BCUT2D eigenvalue weighted by molar-refractivity contribution is -0.136. The molecule has 1 heterocycles. The highest BCUT2D eigenvalue weighted by molar-refractivity contribution is 5.85. The zero-order chi connectivity index (χ0) is 13.0. The van der Waals surface area contributed by atoms with Crippen LogP contribution in [0.2, 0.25) is 0 Å². The number of rotatable bonds is 5. The molecule has 5 heteroatoms. The van der Waals surface area contributed by atoms with E-state index in [1.54, 1.807) is 0 Å². The van der Waals surface area contributed by atoms with Gasteiger partial charge >= 0.3 is 0 Å². The van der Waals surface area contributed by atoms with Gasteiger partial charge in [-0.25, -0.2) is 0 Å². The van der Waals surface area contributed by atoms with E-state index in [-0.39, 0.29) is 30.4 Å². The molecule has 0 aromatic heterocycles. The molecule has 1 aliphatic rings. The van der Waals surface area contributed by atoms with Crippen LogP contribution in [0.25, 0.3) is 0 Å². The van der Waals surface area contributed by atoms with Gasteiger partial charge in [-0.05, 0) is 47.7 Å². The number of halogens is 1. The van der Waals surface area contributed by atoms with Gasteiger partial charge in [0.1, 0.15) is 0 Å². The summed E-state index contributed by atoms with van der Waals surface area (Å²) in [5, 5.41) is 3.33. The molecule has 1 saturated heterocycles. The predicted octanol–water partition coefficient (Wildman–Crippen LogP) is 1.35. The first-order valence-corrected chi connectivity index (χ1v) is 6.65. The van der Waals surface area contributed by atoms with Gasteiger partial charge in [-0.15, -0.1) is 12.4 Å². The van der Waals surface area contributed by atoms with E-state index >= 15 is 0 Å². The zero-order valence-corrected chi connectivity index (χ0v) is 13.1. The highest BCUT2D eigenvalue weighted by Gasteiger charge is 2.25. The second-order valence-electron chi connectivity index (χ2n) is 5.55. The number of nitrogens with one attached hydrogen (secondary N) is 1. The minimum atomic E-state index is 0. The third kappa shape index (κ3) is 4.75. The van der Waals surface area contributed by atoms with Crippen LogP contribution in [0.3, 0.4) is 0 Å². The van der Waals surface area contributed by atoms with Crippen molar-refractivity contribution in [2.75, 3.05) is 26.7 Å². The van der Waals surface area contributed by atoms with Gasteiger partial charge in [-0.2, -0.15) is 0 Å². The van der Waals surface area contributed by atoms with Gasteiger partial charge in [0.05, 0.1) is 6.54 Å². The molecule has 0 aromatic rings. The second-order valence-corrected chi connectivity index (χ2v) is 5.55. The molecule has 0 saturated carbocycles. The van der Waals surface area contributed by atoms with Crippen molar-refractivity contribution in [3.8, 4) is 0 Å². The number of amides is 1. The van der Waals surface area contributed by atoms with Gasteiger partial charge < -0.3 is 10.2 Å².